The second kappa shape index (κ2) is 6.16. The number of nitro benzene ring substituents is 1. The van der Waals surface area contributed by atoms with E-state index in [1.54, 1.807) is 24.3 Å². The van der Waals surface area contributed by atoms with Crippen molar-refractivity contribution in [1.82, 2.24) is 0 Å². The number of hydrogen-bond acceptors (Lipinski definition) is 3. The molecule has 0 radical (unpaired) electrons. The van der Waals surface area contributed by atoms with Gasteiger partial charge in [0.1, 0.15) is 0 Å². The molecule has 1 aromatic rings. The fourth-order valence-electron chi connectivity index (χ4n) is 1.27. The van der Waals surface area contributed by atoms with Gasteiger partial charge in [0, 0.05) is 17.7 Å². The van der Waals surface area contributed by atoms with E-state index in [0.29, 0.717) is 12.0 Å². The fourth-order valence-corrected chi connectivity index (χ4v) is 1.27. The minimum Gasteiger partial charge on any atom is -0.323 e. The summed E-state index contributed by atoms with van der Waals surface area (Å²) in [6, 6.07) is 6.15. The molecular formula is C10H13ClN2O2. The van der Waals surface area contributed by atoms with Crippen molar-refractivity contribution < 1.29 is 4.92 Å². The zero-order chi connectivity index (χ0) is 10.6. The maximum absolute atomic E-state index is 10.7. The first-order chi connectivity index (χ1) is 6.66. The van der Waals surface area contributed by atoms with Gasteiger partial charge in [-0.05, 0) is 6.42 Å². The summed E-state index contributed by atoms with van der Waals surface area (Å²) in [5.74, 6) is 0. The van der Waals surface area contributed by atoms with Crippen molar-refractivity contribution in [3.8, 4) is 0 Å². The Balaban J connectivity index is 0.00000196. The smallest absolute Gasteiger partial charge is 0.274 e. The van der Waals surface area contributed by atoms with Gasteiger partial charge in [0.05, 0.1) is 4.92 Å². The summed E-state index contributed by atoms with van der Waals surface area (Å²) in [6.45, 7) is 3.55. The third-order valence-electron chi connectivity index (χ3n) is 1.95. The minimum absolute atomic E-state index is 0. The number of halogens is 1. The quantitative estimate of drug-likeness (QED) is 0.489. The van der Waals surface area contributed by atoms with E-state index in [-0.39, 0.29) is 24.1 Å². The molecule has 0 aliphatic carbocycles. The Bertz CT molecular complexity index is 355. The molecule has 0 saturated heterocycles. The number of para-hydroxylation sites is 1. The molecule has 0 fully saturated rings. The van der Waals surface area contributed by atoms with Crippen molar-refractivity contribution >= 4 is 18.1 Å². The van der Waals surface area contributed by atoms with Crippen LogP contribution in [0.5, 0.6) is 0 Å². The average molecular weight is 229 g/mol. The van der Waals surface area contributed by atoms with Crippen LogP contribution in [0.15, 0.2) is 36.9 Å². The number of nitro groups is 1. The third-order valence-corrected chi connectivity index (χ3v) is 1.95. The van der Waals surface area contributed by atoms with Gasteiger partial charge >= 0.3 is 0 Å². The molecule has 0 aromatic heterocycles. The molecular weight excluding hydrogens is 216 g/mol. The summed E-state index contributed by atoms with van der Waals surface area (Å²) in [5.41, 5.74) is 6.39. The molecule has 0 saturated carbocycles. The molecule has 0 bridgehead atoms. The Kier molecular flexibility index (Phi) is 5.59. The zero-order valence-electron chi connectivity index (χ0n) is 8.13. The van der Waals surface area contributed by atoms with Crippen molar-refractivity contribution in [2.45, 2.75) is 12.5 Å². The lowest BCUT2D eigenvalue weighted by molar-refractivity contribution is -0.385. The highest BCUT2D eigenvalue weighted by Gasteiger charge is 2.16. The Morgan fingerprint density at radius 3 is 2.67 bits per heavy atom. The predicted octanol–water partition coefficient (Wildman–Crippen LogP) is 2.59. The highest BCUT2D eigenvalue weighted by atomic mass is 35.5. The maximum atomic E-state index is 10.7. The average Bonchev–Trinajstić information content (AvgIpc) is 2.18. The molecule has 0 amide bonds. The van der Waals surface area contributed by atoms with Crippen molar-refractivity contribution in [3.63, 3.8) is 0 Å². The summed E-state index contributed by atoms with van der Waals surface area (Å²) < 4.78 is 0. The van der Waals surface area contributed by atoms with E-state index in [2.05, 4.69) is 6.58 Å². The molecule has 0 heterocycles. The number of nitrogens with zero attached hydrogens (tertiary/aromatic N) is 1. The fraction of sp³-hybridized carbons (Fsp3) is 0.200. The van der Waals surface area contributed by atoms with E-state index in [4.69, 9.17) is 5.73 Å². The van der Waals surface area contributed by atoms with Gasteiger partial charge in [0.25, 0.3) is 5.69 Å². The molecule has 0 unspecified atom stereocenters. The van der Waals surface area contributed by atoms with Gasteiger partial charge in [0.15, 0.2) is 0 Å². The molecule has 1 atom stereocenters. The molecule has 0 aliphatic rings. The lowest BCUT2D eigenvalue weighted by Crippen LogP contribution is -2.11. The van der Waals surface area contributed by atoms with Crippen LogP contribution < -0.4 is 5.73 Å². The Hall–Kier alpha value is -1.39. The first kappa shape index (κ1) is 13.6. The molecule has 15 heavy (non-hydrogen) atoms. The van der Waals surface area contributed by atoms with E-state index in [0.717, 1.165) is 0 Å². The van der Waals surface area contributed by atoms with Crippen molar-refractivity contribution in [2.24, 2.45) is 5.73 Å². The standard InChI is InChI=1S/C10H12N2O2.ClH/c1-2-5-9(11)8-6-3-4-7-10(8)12(13)14;/h2-4,6-7,9H,1,5,11H2;1H/t9-;/m0./s1. The van der Waals surface area contributed by atoms with Gasteiger partial charge in [-0.2, -0.15) is 0 Å². The summed E-state index contributed by atoms with van der Waals surface area (Å²) in [6.07, 6.45) is 2.19. The SMILES string of the molecule is C=CC[C@H](N)c1ccccc1[N+](=O)[O-].Cl. The van der Waals surface area contributed by atoms with E-state index in [1.807, 2.05) is 0 Å². The van der Waals surface area contributed by atoms with Gasteiger partial charge in [-0.25, -0.2) is 0 Å². The molecule has 2 N–H and O–H groups in total. The van der Waals surface area contributed by atoms with Crippen LogP contribution >= 0.6 is 12.4 Å². The topological polar surface area (TPSA) is 69.2 Å². The second-order valence-corrected chi connectivity index (χ2v) is 2.95. The Labute approximate surface area is 94.3 Å². The van der Waals surface area contributed by atoms with Crippen LogP contribution in [0.3, 0.4) is 0 Å². The van der Waals surface area contributed by atoms with Crippen LogP contribution in [0.2, 0.25) is 0 Å². The number of rotatable bonds is 4. The summed E-state index contributed by atoms with van der Waals surface area (Å²) >= 11 is 0. The van der Waals surface area contributed by atoms with Crippen LogP contribution in [0.1, 0.15) is 18.0 Å². The first-order valence-corrected chi connectivity index (χ1v) is 4.26. The lowest BCUT2D eigenvalue weighted by Gasteiger charge is -2.09. The van der Waals surface area contributed by atoms with Gasteiger partial charge in [-0.15, -0.1) is 19.0 Å². The van der Waals surface area contributed by atoms with E-state index in [9.17, 15) is 10.1 Å². The maximum Gasteiger partial charge on any atom is 0.274 e. The molecule has 1 aromatic carbocycles. The van der Waals surface area contributed by atoms with Crippen molar-refractivity contribution in [3.05, 3.63) is 52.6 Å². The highest BCUT2D eigenvalue weighted by molar-refractivity contribution is 5.85. The van der Waals surface area contributed by atoms with Gasteiger partial charge in [-0.1, -0.05) is 24.3 Å². The zero-order valence-corrected chi connectivity index (χ0v) is 8.94. The molecule has 5 heteroatoms. The molecule has 1 rings (SSSR count). The van der Waals surface area contributed by atoms with Crippen LogP contribution in [0.4, 0.5) is 5.69 Å². The Morgan fingerprint density at radius 2 is 2.13 bits per heavy atom. The summed E-state index contributed by atoms with van der Waals surface area (Å²) in [7, 11) is 0. The monoisotopic (exact) mass is 228 g/mol. The van der Waals surface area contributed by atoms with Crippen LogP contribution in [-0.4, -0.2) is 4.92 Å². The second-order valence-electron chi connectivity index (χ2n) is 2.95. The van der Waals surface area contributed by atoms with E-state index in [1.165, 1.54) is 6.07 Å². The number of nitrogens with two attached hydrogens (primary N) is 1. The van der Waals surface area contributed by atoms with Gasteiger partial charge in [-0.3, -0.25) is 10.1 Å². The summed E-state index contributed by atoms with van der Waals surface area (Å²) in [4.78, 5) is 10.2. The number of benzene rings is 1. The Morgan fingerprint density at radius 1 is 1.53 bits per heavy atom. The van der Waals surface area contributed by atoms with Crippen molar-refractivity contribution in [1.29, 1.82) is 0 Å². The van der Waals surface area contributed by atoms with Gasteiger partial charge in [0.2, 0.25) is 0 Å². The largest absolute Gasteiger partial charge is 0.323 e. The van der Waals surface area contributed by atoms with E-state index < -0.39 is 4.92 Å². The first-order valence-electron chi connectivity index (χ1n) is 4.26. The van der Waals surface area contributed by atoms with Crippen LogP contribution in [-0.2, 0) is 0 Å². The third kappa shape index (κ3) is 3.34. The molecule has 4 nitrogen and oxygen atoms in total. The van der Waals surface area contributed by atoms with Gasteiger partial charge < -0.3 is 5.73 Å². The molecule has 0 aliphatic heterocycles. The van der Waals surface area contributed by atoms with Crippen LogP contribution in [0, 0.1) is 10.1 Å². The highest BCUT2D eigenvalue weighted by Crippen LogP contribution is 2.24. The minimum atomic E-state index is -0.418. The predicted molar refractivity (Wildman–Crippen MR) is 62.1 cm³/mol. The molecule has 82 valence electrons. The van der Waals surface area contributed by atoms with Crippen LogP contribution in [0.25, 0.3) is 0 Å². The van der Waals surface area contributed by atoms with Crippen molar-refractivity contribution in [2.75, 3.05) is 0 Å². The lowest BCUT2D eigenvalue weighted by atomic mass is 10.0. The number of hydrogen-bond donors (Lipinski definition) is 1. The van der Waals surface area contributed by atoms with E-state index >= 15 is 0 Å². The normalized spacial score (nSPS) is 11.3. The summed E-state index contributed by atoms with van der Waals surface area (Å²) in [5, 5.41) is 10.7. The molecule has 0 spiro atoms.